The van der Waals surface area contributed by atoms with Crippen molar-refractivity contribution in [2.24, 2.45) is 0 Å². The molecule has 0 spiro atoms. The van der Waals surface area contributed by atoms with E-state index in [4.69, 9.17) is 11.6 Å². The minimum absolute atomic E-state index is 0.0288. The molecule has 94 valence electrons. The van der Waals surface area contributed by atoms with Crippen LogP contribution in [0.5, 0.6) is 0 Å². The smallest absolute Gasteiger partial charge is 0.255 e. The molecule has 0 aromatic carbocycles. The van der Waals surface area contributed by atoms with E-state index < -0.39 is 17.9 Å². The molecule has 2 heterocycles. The molecule has 1 aliphatic heterocycles. The van der Waals surface area contributed by atoms with Crippen LogP contribution in [-0.2, 0) is 9.59 Å². The fraction of sp³-hybridized carbons (Fsp3) is 0.273. The number of hydrogen-bond donors (Lipinski definition) is 1. The number of nitrogens with one attached hydrogen (secondary N) is 1. The lowest BCUT2D eigenvalue weighted by Crippen LogP contribution is -2.40. The van der Waals surface area contributed by atoms with Crippen LogP contribution in [0, 0.1) is 0 Å². The zero-order valence-corrected chi connectivity index (χ0v) is 10.3. The predicted octanol–water partition coefficient (Wildman–Crippen LogP) is 0.222. The van der Waals surface area contributed by atoms with Crippen molar-refractivity contribution < 1.29 is 14.4 Å². The molecule has 1 N–H and O–H groups in total. The first-order valence-corrected chi connectivity index (χ1v) is 5.59. The second-order valence-corrected chi connectivity index (χ2v) is 4.28. The van der Waals surface area contributed by atoms with Gasteiger partial charge in [0.05, 0.1) is 17.0 Å². The number of rotatable bonds is 2. The summed E-state index contributed by atoms with van der Waals surface area (Å²) in [5.41, 5.74) is 0.175. The highest BCUT2D eigenvalue weighted by molar-refractivity contribution is 6.33. The van der Waals surface area contributed by atoms with Gasteiger partial charge in [-0.3, -0.25) is 24.3 Å². The van der Waals surface area contributed by atoms with E-state index in [0.29, 0.717) is 0 Å². The molecule has 0 aliphatic carbocycles. The van der Waals surface area contributed by atoms with Crippen molar-refractivity contribution in [3.8, 4) is 0 Å². The SMILES string of the molecule is CN1C(=O)CC(NC(=O)c2cnccc2Cl)C1=O. The number of imide groups is 1. The second-order valence-electron chi connectivity index (χ2n) is 3.88. The van der Waals surface area contributed by atoms with Crippen LogP contribution in [-0.4, -0.2) is 40.7 Å². The lowest BCUT2D eigenvalue weighted by atomic mass is 10.2. The second kappa shape index (κ2) is 4.73. The van der Waals surface area contributed by atoms with E-state index in [9.17, 15) is 14.4 Å². The number of likely N-dealkylation sites (tertiary alicyclic amines) is 1. The van der Waals surface area contributed by atoms with Crippen molar-refractivity contribution in [2.45, 2.75) is 12.5 Å². The van der Waals surface area contributed by atoms with Crippen LogP contribution in [0.25, 0.3) is 0 Å². The summed E-state index contributed by atoms with van der Waals surface area (Å²) in [6, 6.07) is 0.649. The van der Waals surface area contributed by atoms with E-state index in [1.807, 2.05) is 0 Å². The van der Waals surface area contributed by atoms with E-state index in [0.717, 1.165) is 4.90 Å². The van der Waals surface area contributed by atoms with Crippen molar-refractivity contribution in [2.75, 3.05) is 7.05 Å². The Labute approximate surface area is 108 Å². The first-order chi connectivity index (χ1) is 8.50. The number of carbonyl (C=O) groups excluding carboxylic acids is 3. The molecule has 1 saturated heterocycles. The molecule has 18 heavy (non-hydrogen) atoms. The van der Waals surface area contributed by atoms with E-state index in [2.05, 4.69) is 10.3 Å². The summed E-state index contributed by atoms with van der Waals surface area (Å²) < 4.78 is 0. The summed E-state index contributed by atoms with van der Waals surface area (Å²) in [5, 5.41) is 2.71. The fourth-order valence-corrected chi connectivity index (χ4v) is 1.84. The Morgan fingerprint density at radius 1 is 1.56 bits per heavy atom. The van der Waals surface area contributed by atoms with Crippen LogP contribution in [0.4, 0.5) is 0 Å². The van der Waals surface area contributed by atoms with E-state index in [-0.39, 0.29) is 22.9 Å². The summed E-state index contributed by atoms with van der Waals surface area (Å²) in [7, 11) is 1.38. The van der Waals surface area contributed by atoms with Crippen molar-refractivity contribution in [1.29, 1.82) is 0 Å². The molecule has 0 bridgehead atoms. The number of hydrogen-bond acceptors (Lipinski definition) is 4. The van der Waals surface area contributed by atoms with Gasteiger partial charge in [0.2, 0.25) is 5.91 Å². The predicted molar refractivity (Wildman–Crippen MR) is 62.9 cm³/mol. The van der Waals surface area contributed by atoms with Gasteiger partial charge in [-0.2, -0.15) is 0 Å². The molecule has 1 aromatic heterocycles. The maximum absolute atomic E-state index is 11.9. The topological polar surface area (TPSA) is 79.4 Å². The third-order valence-electron chi connectivity index (χ3n) is 2.70. The average molecular weight is 268 g/mol. The lowest BCUT2D eigenvalue weighted by molar-refractivity contribution is -0.137. The molecular weight excluding hydrogens is 258 g/mol. The van der Waals surface area contributed by atoms with Gasteiger partial charge >= 0.3 is 0 Å². The molecule has 1 aliphatic rings. The van der Waals surface area contributed by atoms with Crippen LogP contribution in [0.1, 0.15) is 16.8 Å². The number of amides is 3. The lowest BCUT2D eigenvalue weighted by Gasteiger charge is -2.11. The Hall–Kier alpha value is -1.95. The first kappa shape index (κ1) is 12.5. The minimum atomic E-state index is -0.828. The molecule has 0 saturated carbocycles. The number of likely N-dealkylation sites (N-methyl/N-ethyl adjacent to an activating group) is 1. The minimum Gasteiger partial charge on any atom is -0.340 e. The van der Waals surface area contributed by atoms with E-state index in [1.54, 1.807) is 0 Å². The van der Waals surface area contributed by atoms with Gasteiger partial charge in [0.25, 0.3) is 11.8 Å². The first-order valence-electron chi connectivity index (χ1n) is 5.21. The van der Waals surface area contributed by atoms with Gasteiger partial charge in [0, 0.05) is 19.4 Å². The molecule has 1 atom stereocenters. The van der Waals surface area contributed by atoms with E-state index >= 15 is 0 Å². The maximum Gasteiger partial charge on any atom is 0.255 e. The molecule has 1 fully saturated rings. The largest absolute Gasteiger partial charge is 0.340 e. The van der Waals surface area contributed by atoms with Crippen molar-refractivity contribution in [3.05, 3.63) is 29.0 Å². The molecular formula is C11H10ClN3O3. The number of aromatic nitrogens is 1. The number of nitrogens with zero attached hydrogens (tertiary/aromatic N) is 2. The quantitative estimate of drug-likeness (QED) is 0.778. The van der Waals surface area contributed by atoms with Gasteiger partial charge in [0.1, 0.15) is 6.04 Å². The Balaban J connectivity index is 2.12. The van der Waals surface area contributed by atoms with Crippen molar-refractivity contribution in [3.63, 3.8) is 0 Å². The summed E-state index contributed by atoms with van der Waals surface area (Å²) >= 11 is 5.84. The Morgan fingerprint density at radius 3 is 2.83 bits per heavy atom. The summed E-state index contributed by atoms with van der Waals surface area (Å²) in [4.78, 5) is 39.5. The highest BCUT2D eigenvalue weighted by Crippen LogP contribution is 2.15. The normalized spacial score (nSPS) is 19.2. The van der Waals surface area contributed by atoms with Gasteiger partial charge in [-0.1, -0.05) is 11.6 Å². The summed E-state index contributed by atoms with van der Waals surface area (Å²) in [6.45, 7) is 0. The molecule has 1 unspecified atom stereocenters. The molecule has 1 aromatic rings. The molecule has 3 amide bonds. The number of halogens is 1. The highest BCUT2D eigenvalue weighted by Gasteiger charge is 2.37. The molecule has 7 heteroatoms. The van der Waals surface area contributed by atoms with Gasteiger partial charge in [-0.15, -0.1) is 0 Å². The summed E-state index contributed by atoms with van der Waals surface area (Å²) in [6.07, 6.45) is 2.73. The van der Waals surface area contributed by atoms with Crippen LogP contribution in [0.15, 0.2) is 18.5 Å². The van der Waals surface area contributed by atoms with Crippen LogP contribution >= 0.6 is 11.6 Å². The summed E-state index contributed by atoms with van der Waals surface area (Å²) in [5.74, 6) is -1.26. The van der Waals surface area contributed by atoms with Gasteiger partial charge in [-0.05, 0) is 6.07 Å². The van der Waals surface area contributed by atoms with E-state index in [1.165, 1.54) is 25.5 Å². The molecule has 6 nitrogen and oxygen atoms in total. The average Bonchev–Trinajstić information content (AvgIpc) is 2.57. The number of pyridine rings is 1. The maximum atomic E-state index is 11.9. The van der Waals surface area contributed by atoms with Crippen molar-refractivity contribution >= 4 is 29.3 Å². The zero-order chi connectivity index (χ0) is 13.3. The van der Waals surface area contributed by atoms with Crippen molar-refractivity contribution in [1.82, 2.24) is 15.2 Å². The zero-order valence-electron chi connectivity index (χ0n) is 9.51. The molecule has 0 radical (unpaired) electrons. The fourth-order valence-electron chi connectivity index (χ4n) is 1.65. The van der Waals surface area contributed by atoms with Crippen LogP contribution < -0.4 is 5.32 Å². The third-order valence-corrected chi connectivity index (χ3v) is 3.03. The van der Waals surface area contributed by atoms with Gasteiger partial charge < -0.3 is 5.32 Å². The Morgan fingerprint density at radius 2 is 2.28 bits per heavy atom. The third kappa shape index (κ3) is 2.19. The Kier molecular flexibility index (Phi) is 3.29. The van der Waals surface area contributed by atoms with Gasteiger partial charge in [-0.25, -0.2) is 0 Å². The Bertz CT molecular complexity index is 532. The highest BCUT2D eigenvalue weighted by atomic mass is 35.5. The van der Waals surface area contributed by atoms with Crippen LogP contribution in [0.2, 0.25) is 5.02 Å². The number of carbonyl (C=O) groups is 3. The van der Waals surface area contributed by atoms with Gasteiger partial charge in [0.15, 0.2) is 0 Å². The molecule has 2 rings (SSSR count). The standard InChI is InChI=1S/C11H10ClN3O3/c1-15-9(16)4-8(11(15)18)14-10(17)6-5-13-3-2-7(6)12/h2-3,5,8H,4H2,1H3,(H,14,17). The van der Waals surface area contributed by atoms with Crippen LogP contribution in [0.3, 0.4) is 0 Å². The monoisotopic (exact) mass is 267 g/mol.